The van der Waals surface area contributed by atoms with E-state index in [-0.39, 0.29) is 23.8 Å². The van der Waals surface area contributed by atoms with E-state index in [1.807, 2.05) is 0 Å². The number of halogens is 1. The zero-order valence-electron chi connectivity index (χ0n) is 13.6. The highest BCUT2D eigenvalue weighted by Crippen LogP contribution is 2.39. The van der Waals surface area contributed by atoms with Crippen LogP contribution in [-0.4, -0.2) is 44.4 Å². The molecule has 4 atom stereocenters. The summed E-state index contributed by atoms with van der Waals surface area (Å²) in [6.45, 7) is 2.10. The standard InChI is InChI=1S/C17H24FN3O2S/c18-14-4-2-13(3-5-14)16-7-8-19-10-17(16)20-24(22,23)21-11-12-1-6-15(21)9-12/h2-5,12,15-17,19-20H,1,6-11H2. The number of nitrogens with zero attached hydrogens (tertiary/aromatic N) is 1. The smallest absolute Gasteiger partial charge is 0.280 e. The summed E-state index contributed by atoms with van der Waals surface area (Å²) >= 11 is 0. The van der Waals surface area contributed by atoms with Crippen molar-refractivity contribution in [1.82, 2.24) is 14.3 Å². The molecule has 2 aliphatic heterocycles. The molecule has 1 aromatic rings. The minimum atomic E-state index is -3.47. The van der Waals surface area contributed by atoms with Crippen LogP contribution < -0.4 is 10.0 Å². The Morgan fingerprint density at radius 3 is 2.62 bits per heavy atom. The lowest BCUT2D eigenvalue weighted by atomic mass is 9.87. The number of benzene rings is 1. The first-order valence-electron chi connectivity index (χ1n) is 8.78. The summed E-state index contributed by atoms with van der Waals surface area (Å²) in [6, 6.07) is 6.40. The SMILES string of the molecule is O=S(=O)(NC1CNCCC1c1ccc(F)cc1)N1CC2CCC1C2. The largest absolute Gasteiger partial charge is 0.315 e. The van der Waals surface area contributed by atoms with Gasteiger partial charge in [0.2, 0.25) is 0 Å². The molecule has 0 radical (unpaired) electrons. The van der Waals surface area contributed by atoms with Gasteiger partial charge in [-0.05, 0) is 55.8 Å². The van der Waals surface area contributed by atoms with Crippen LogP contribution in [0.15, 0.2) is 24.3 Å². The second-order valence-electron chi connectivity index (χ2n) is 7.28. The van der Waals surface area contributed by atoms with Gasteiger partial charge in [-0.3, -0.25) is 0 Å². The molecule has 1 aliphatic carbocycles. The number of hydrogen-bond acceptors (Lipinski definition) is 3. The average molecular weight is 353 g/mol. The molecular weight excluding hydrogens is 329 g/mol. The molecule has 0 spiro atoms. The van der Waals surface area contributed by atoms with Crippen molar-refractivity contribution in [2.75, 3.05) is 19.6 Å². The van der Waals surface area contributed by atoms with Gasteiger partial charge in [0.1, 0.15) is 5.82 Å². The van der Waals surface area contributed by atoms with E-state index >= 15 is 0 Å². The molecule has 7 heteroatoms. The fourth-order valence-electron chi connectivity index (χ4n) is 4.52. The molecule has 0 aromatic heterocycles. The molecule has 24 heavy (non-hydrogen) atoms. The van der Waals surface area contributed by atoms with Crippen LogP contribution in [-0.2, 0) is 10.2 Å². The highest BCUT2D eigenvalue weighted by atomic mass is 32.2. The van der Waals surface area contributed by atoms with Crippen molar-refractivity contribution in [1.29, 1.82) is 0 Å². The molecule has 2 bridgehead atoms. The van der Waals surface area contributed by atoms with Crippen LogP contribution in [0.3, 0.4) is 0 Å². The van der Waals surface area contributed by atoms with Crippen LogP contribution in [0.4, 0.5) is 4.39 Å². The van der Waals surface area contributed by atoms with Gasteiger partial charge in [-0.2, -0.15) is 17.4 Å². The first kappa shape index (κ1) is 16.4. The van der Waals surface area contributed by atoms with E-state index in [4.69, 9.17) is 0 Å². The van der Waals surface area contributed by atoms with Crippen LogP contribution in [0.1, 0.15) is 37.2 Å². The Bertz CT molecular complexity index is 694. The molecule has 132 valence electrons. The molecule has 2 heterocycles. The maximum Gasteiger partial charge on any atom is 0.280 e. The predicted molar refractivity (Wildman–Crippen MR) is 90.3 cm³/mol. The highest BCUT2D eigenvalue weighted by molar-refractivity contribution is 7.87. The summed E-state index contributed by atoms with van der Waals surface area (Å²) in [5.41, 5.74) is 0.994. The number of hydrogen-bond donors (Lipinski definition) is 2. The van der Waals surface area contributed by atoms with E-state index in [9.17, 15) is 12.8 Å². The summed E-state index contributed by atoms with van der Waals surface area (Å²) in [5.74, 6) is 0.336. The van der Waals surface area contributed by atoms with Crippen molar-refractivity contribution < 1.29 is 12.8 Å². The Hall–Kier alpha value is -1.02. The molecule has 1 saturated carbocycles. The fraction of sp³-hybridized carbons (Fsp3) is 0.647. The molecule has 2 saturated heterocycles. The van der Waals surface area contributed by atoms with Crippen molar-refractivity contribution in [2.24, 2.45) is 5.92 Å². The summed E-state index contributed by atoms with van der Waals surface area (Å²) in [4.78, 5) is 0. The first-order valence-corrected chi connectivity index (χ1v) is 10.2. The lowest BCUT2D eigenvalue weighted by Gasteiger charge is -2.35. The van der Waals surface area contributed by atoms with Crippen LogP contribution in [0.25, 0.3) is 0 Å². The van der Waals surface area contributed by atoms with E-state index in [0.717, 1.165) is 37.8 Å². The number of piperidine rings is 2. The Morgan fingerprint density at radius 2 is 1.96 bits per heavy atom. The Morgan fingerprint density at radius 1 is 1.17 bits per heavy atom. The molecule has 3 fully saturated rings. The zero-order valence-corrected chi connectivity index (χ0v) is 14.4. The molecule has 1 aromatic carbocycles. The second-order valence-corrected chi connectivity index (χ2v) is 8.94. The monoisotopic (exact) mass is 353 g/mol. The molecule has 5 nitrogen and oxygen atoms in total. The van der Waals surface area contributed by atoms with E-state index in [1.165, 1.54) is 12.1 Å². The zero-order chi connectivity index (χ0) is 16.7. The fourth-order valence-corrected chi connectivity index (χ4v) is 6.28. The quantitative estimate of drug-likeness (QED) is 0.864. The number of rotatable bonds is 4. The van der Waals surface area contributed by atoms with E-state index < -0.39 is 10.2 Å². The van der Waals surface area contributed by atoms with Crippen molar-refractivity contribution in [3.63, 3.8) is 0 Å². The van der Waals surface area contributed by atoms with Crippen molar-refractivity contribution in [2.45, 2.75) is 43.7 Å². The second kappa shape index (κ2) is 6.37. The minimum Gasteiger partial charge on any atom is -0.315 e. The van der Waals surface area contributed by atoms with Crippen molar-refractivity contribution >= 4 is 10.2 Å². The summed E-state index contributed by atoms with van der Waals surface area (Å²) in [6.07, 6.45) is 3.98. The lowest BCUT2D eigenvalue weighted by Crippen LogP contribution is -2.54. The van der Waals surface area contributed by atoms with Gasteiger partial charge < -0.3 is 5.32 Å². The van der Waals surface area contributed by atoms with Gasteiger partial charge in [-0.15, -0.1) is 0 Å². The van der Waals surface area contributed by atoms with Crippen LogP contribution >= 0.6 is 0 Å². The number of fused-ring (bicyclic) bond motifs is 2. The minimum absolute atomic E-state index is 0.0708. The van der Waals surface area contributed by atoms with Gasteiger partial charge >= 0.3 is 0 Å². The Labute approximate surface area is 142 Å². The molecule has 2 N–H and O–H groups in total. The maximum absolute atomic E-state index is 13.2. The maximum atomic E-state index is 13.2. The lowest BCUT2D eigenvalue weighted by molar-refractivity contribution is 0.314. The molecule has 0 amide bonds. The van der Waals surface area contributed by atoms with E-state index in [2.05, 4.69) is 10.0 Å². The Kier molecular flexibility index (Phi) is 4.36. The third kappa shape index (κ3) is 3.10. The molecule has 3 aliphatic rings. The van der Waals surface area contributed by atoms with E-state index in [1.54, 1.807) is 16.4 Å². The van der Waals surface area contributed by atoms with Gasteiger partial charge in [0.05, 0.1) is 0 Å². The molecule has 4 rings (SSSR count). The van der Waals surface area contributed by atoms with Gasteiger partial charge in [0.15, 0.2) is 0 Å². The number of nitrogens with one attached hydrogen (secondary N) is 2. The van der Waals surface area contributed by atoms with Crippen LogP contribution in [0.2, 0.25) is 0 Å². The predicted octanol–water partition coefficient (Wildman–Crippen LogP) is 1.59. The van der Waals surface area contributed by atoms with Crippen molar-refractivity contribution in [3.05, 3.63) is 35.6 Å². The van der Waals surface area contributed by atoms with Crippen LogP contribution in [0.5, 0.6) is 0 Å². The summed E-state index contributed by atoms with van der Waals surface area (Å²) in [5, 5.41) is 3.27. The van der Waals surface area contributed by atoms with Crippen LogP contribution in [0, 0.1) is 11.7 Å². The van der Waals surface area contributed by atoms with Gasteiger partial charge in [0.25, 0.3) is 10.2 Å². The molecular formula is C17H24FN3O2S. The van der Waals surface area contributed by atoms with Crippen molar-refractivity contribution in [3.8, 4) is 0 Å². The first-order chi connectivity index (χ1) is 11.5. The summed E-state index contributed by atoms with van der Waals surface area (Å²) in [7, 11) is -3.47. The van der Waals surface area contributed by atoms with Gasteiger partial charge in [-0.1, -0.05) is 12.1 Å². The van der Waals surface area contributed by atoms with Gasteiger partial charge in [-0.25, -0.2) is 4.39 Å². The average Bonchev–Trinajstić information content (AvgIpc) is 3.19. The van der Waals surface area contributed by atoms with Gasteiger partial charge in [0, 0.05) is 31.1 Å². The third-order valence-corrected chi connectivity index (χ3v) is 7.41. The normalized spacial score (nSPS) is 33.9. The topological polar surface area (TPSA) is 61.4 Å². The molecule has 4 unspecified atom stereocenters. The van der Waals surface area contributed by atoms with E-state index in [0.29, 0.717) is 19.0 Å². The highest BCUT2D eigenvalue weighted by Gasteiger charge is 2.45. The third-order valence-electron chi connectivity index (χ3n) is 5.75. The Balaban J connectivity index is 1.52. The summed E-state index contributed by atoms with van der Waals surface area (Å²) < 4.78 is 43.5.